The first-order valence-corrected chi connectivity index (χ1v) is 11.4. The molecule has 0 aliphatic heterocycles. The minimum Gasteiger partial charge on any atom is -0.468 e. The van der Waals surface area contributed by atoms with Crippen molar-refractivity contribution < 1.29 is 17.6 Å². The fourth-order valence-corrected chi connectivity index (χ4v) is 4.11. The zero-order valence-corrected chi connectivity index (χ0v) is 18.2. The maximum Gasteiger partial charge on any atom is 0.255 e. The third-order valence-electron chi connectivity index (χ3n) is 4.93. The van der Waals surface area contributed by atoms with Crippen molar-refractivity contribution in [3.05, 3.63) is 102 Å². The van der Waals surface area contributed by atoms with Gasteiger partial charge in [-0.05, 0) is 61.0 Å². The van der Waals surface area contributed by atoms with Gasteiger partial charge >= 0.3 is 0 Å². The average molecular weight is 451 g/mol. The van der Waals surface area contributed by atoms with Crippen molar-refractivity contribution in [3.8, 4) is 0 Å². The average Bonchev–Trinajstić information content (AvgIpc) is 3.46. The van der Waals surface area contributed by atoms with Gasteiger partial charge in [0.1, 0.15) is 11.6 Å². The number of nitrogens with one attached hydrogen (secondary N) is 2. The van der Waals surface area contributed by atoms with Crippen LogP contribution in [0.2, 0.25) is 0 Å². The Hall–Kier alpha value is -3.69. The van der Waals surface area contributed by atoms with Crippen LogP contribution in [0.5, 0.6) is 0 Å². The van der Waals surface area contributed by atoms with Crippen molar-refractivity contribution in [1.82, 2.24) is 14.3 Å². The van der Waals surface area contributed by atoms with Gasteiger partial charge in [0.2, 0.25) is 10.0 Å². The molecular weight excluding hydrogens is 428 g/mol. The summed E-state index contributed by atoms with van der Waals surface area (Å²) in [6.07, 6.45) is 5.16. The van der Waals surface area contributed by atoms with Crippen molar-refractivity contribution in [3.63, 3.8) is 0 Å². The van der Waals surface area contributed by atoms with Gasteiger partial charge in [0, 0.05) is 30.2 Å². The molecule has 4 aromatic rings. The van der Waals surface area contributed by atoms with E-state index in [0.717, 1.165) is 11.4 Å². The molecule has 0 radical (unpaired) electrons. The second-order valence-electron chi connectivity index (χ2n) is 7.18. The number of nitrogens with zero attached hydrogens (tertiary/aromatic N) is 2. The quantitative estimate of drug-likeness (QED) is 0.427. The van der Waals surface area contributed by atoms with Crippen LogP contribution in [-0.4, -0.2) is 23.9 Å². The Morgan fingerprint density at radius 2 is 1.81 bits per heavy atom. The predicted molar refractivity (Wildman–Crippen MR) is 120 cm³/mol. The highest BCUT2D eigenvalue weighted by Crippen LogP contribution is 2.15. The van der Waals surface area contributed by atoms with E-state index >= 15 is 0 Å². The summed E-state index contributed by atoms with van der Waals surface area (Å²) in [4.78, 5) is 16.8. The Kier molecular flexibility index (Phi) is 6.20. The Balaban J connectivity index is 1.36. The second-order valence-corrected chi connectivity index (χ2v) is 8.95. The molecule has 2 heterocycles. The Morgan fingerprint density at radius 1 is 1.06 bits per heavy atom. The van der Waals surface area contributed by atoms with Crippen molar-refractivity contribution in [2.75, 3.05) is 5.32 Å². The van der Waals surface area contributed by atoms with Crippen molar-refractivity contribution in [1.29, 1.82) is 0 Å². The molecule has 164 valence electrons. The lowest BCUT2D eigenvalue weighted by Crippen LogP contribution is -2.23. The van der Waals surface area contributed by atoms with Crippen LogP contribution in [0.3, 0.4) is 0 Å². The van der Waals surface area contributed by atoms with E-state index < -0.39 is 10.0 Å². The normalized spacial score (nSPS) is 11.4. The number of aryl methyl sites for hydroxylation is 1. The van der Waals surface area contributed by atoms with Gasteiger partial charge in [-0.3, -0.25) is 4.79 Å². The van der Waals surface area contributed by atoms with Gasteiger partial charge in [-0.15, -0.1) is 0 Å². The summed E-state index contributed by atoms with van der Waals surface area (Å²) < 4.78 is 34.4. The van der Waals surface area contributed by atoms with Gasteiger partial charge in [0.25, 0.3) is 5.91 Å². The molecule has 0 aliphatic rings. The number of furan rings is 1. The largest absolute Gasteiger partial charge is 0.468 e. The summed E-state index contributed by atoms with van der Waals surface area (Å²) >= 11 is 0. The standard InChI is InChI=1S/C23H22N4O4S/c1-17-24-12-13-27(17)16-18-4-8-20(9-5-18)26-23(28)19-6-10-22(11-7-19)32(29,30)25-15-21-3-2-14-31-21/h2-14,25H,15-16H2,1H3,(H,26,28). The van der Waals surface area contributed by atoms with Crippen LogP contribution in [-0.2, 0) is 23.1 Å². The van der Waals surface area contributed by atoms with Crippen LogP contribution in [0.15, 0.2) is 88.6 Å². The van der Waals surface area contributed by atoms with Crippen LogP contribution in [0, 0.1) is 6.92 Å². The molecule has 0 saturated carbocycles. The number of carbonyl (C=O) groups excluding carboxylic acids is 1. The number of anilines is 1. The number of imidazole rings is 1. The Labute approximate surface area is 186 Å². The molecule has 4 rings (SSSR count). The number of hydrogen-bond donors (Lipinski definition) is 2. The number of benzene rings is 2. The van der Waals surface area contributed by atoms with Crippen LogP contribution >= 0.6 is 0 Å². The minimum absolute atomic E-state index is 0.0496. The fourth-order valence-electron chi connectivity index (χ4n) is 3.11. The highest BCUT2D eigenvalue weighted by atomic mass is 32.2. The van der Waals surface area contributed by atoms with Crippen molar-refractivity contribution >= 4 is 21.6 Å². The van der Waals surface area contributed by atoms with Crippen LogP contribution in [0.1, 0.15) is 27.5 Å². The molecule has 0 aliphatic carbocycles. The van der Waals surface area contributed by atoms with Crippen LogP contribution in [0.25, 0.3) is 0 Å². The Bertz CT molecular complexity index is 1290. The predicted octanol–water partition coefficient (Wildman–Crippen LogP) is 3.56. The van der Waals surface area contributed by atoms with Gasteiger partial charge in [-0.2, -0.15) is 0 Å². The number of rotatable bonds is 8. The third kappa shape index (κ3) is 5.13. The lowest BCUT2D eigenvalue weighted by atomic mass is 10.2. The number of sulfonamides is 1. The monoisotopic (exact) mass is 450 g/mol. The van der Waals surface area contributed by atoms with E-state index in [1.54, 1.807) is 18.3 Å². The molecular formula is C23H22N4O4S. The maximum atomic E-state index is 12.5. The number of amides is 1. The van der Waals surface area contributed by atoms with E-state index in [1.807, 2.05) is 42.0 Å². The number of aromatic nitrogens is 2. The summed E-state index contributed by atoms with van der Waals surface area (Å²) in [6, 6.07) is 16.7. The Morgan fingerprint density at radius 3 is 2.44 bits per heavy atom. The van der Waals surface area contributed by atoms with Gasteiger partial charge in [0.15, 0.2) is 0 Å². The van der Waals surface area contributed by atoms with Crippen LogP contribution < -0.4 is 10.0 Å². The number of hydrogen-bond acceptors (Lipinski definition) is 5. The topological polar surface area (TPSA) is 106 Å². The van der Waals surface area contributed by atoms with E-state index in [-0.39, 0.29) is 17.3 Å². The van der Waals surface area contributed by atoms with E-state index in [0.29, 0.717) is 23.6 Å². The highest BCUT2D eigenvalue weighted by Gasteiger charge is 2.15. The molecule has 2 N–H and O–H groups in total. The first-order chi connectivity index (χ1) is 15.4. The van der Waals surface area contributed by atoms with E-state index in [9.17, 15) is 13.2 Å². The highest BCUT2D eigenvalue weighted by molar-refractivity contribution is 7.89. The molecule has 1 amide bonds. The van der Waals surface area contributed by atoms with Gasteiger partial charge in [0.05, 0.1) is 17.7 Å². The molecule has 0 fully saturated rings. The summed E-state index contributed by atoms with van der Waals surface area (Å²) in [5, 5.41) is 2.82. The minimum atomic E-state index is -3.72. The van der Waals surface area contributed by atoms with Crippen molar-refractivity contribution in [2.45, 2.75) is 24.9 Å². The maximum absolute atomic E-state index is 12.5. The van der Waals surface area contributed by atoms with Crippen molar-refractivity contribution in [2.24, 2.45) is 0 Å². The fraction of sp³-hybridized carbons (Fsp3) is 0.130. The van der Waals surface area contributed by atoms with E-state index in [2.05, 4.69) is 15.0 Å². The molecule has 2 aromatic heterocycles. The molecule has 32 heavy (non-hydrogen) atoms. The molecule has 0 unspecified atom stereocenters. The van der Waals surface area contributed by atoms with E-state index in [4.69, 9.17) is 4.42 Å². The SMILES string of the molecule is Cc1nccn1Cc1ccc(NC(=O)c2ccc(S(=O)(=O)NCc3ccco3)cc2)cc1. The number of carbonyl (C=O) groups is 1. The summed E-state index contributed by atoms with van der Waals surface area (Å²) in [5.41, 5.74) is 2.09. The molecule has 0 bridgehead atoms. The van der Waals surface area contributed by atoms with Gasteiger partial charge in [-0.1, -0.05) is 12.1 Å². The summed E-state index contributed by atoms with van der Waals surface area (Å²) in [5.74, 6) is 1.12. The lowest BCUT2D eigenvalue weighted by Gasteiger charge is -2.09. The molecule has 9 heteroatoms. The molecule has 0 atom stereocenters. The summed E-state index contributed by atoms with van der Waals surface area (Å²) in [6.45, 7) is 2.69. The first-order valence-electron chi connectivity index (χ1n) is 9.91. The third-order valence-corrected chi connectivity index (χ3v) is 6.35. The summed E-state index contributed by atoms with van der Waals surface area (Å²) in [7, 11) is -3.72. The zero-order chi connectivity index (χ0) is 22.6. The van der Waals surface area contributed by atoms with E-state index in [1.165, 1.54) is 30.5 Å². The first kappa shape index (κ1) is 21.5. The zero-order valence-electron chi connectivity index (χ0n) is 17.4. The van der Waals surface area contributed by atoms with Gasteiger partial charge in [-0.25, -0.2) is 18.1 Å². The molecule has 2 aromatic carbocycles. The molecule has 8 nitrogen and oxygen atoms in total. The van der Waals surface area contributed by atoms with Gasteiger partial charge < -0.3 is 14.3 Å². The second kappa shape index (κ2) is 9.21. The molecule has 0 spiro atoms. The molecule has 0 saturated heterocycles. The van der Waals surface area contributed by atoms with Crippen LogP contribution in [0.4, 0.5) is 5.69 Å². The smallest absolute Gasteiger partial charge is 0.255 e. The lowest BCUT2D eigenvalue weighted by molar-refractivity contribution is 0.102.